The standard InChI is InChI=1S/C17H17ClN2O3/c1-11-6-5-7-13(10-11)17(22)20-19-16(21)12(2)23-15-9-4-3-8-14(15)18/h3-10,12H,1-2H3,(H,19,21)(H,20,22). The summed E-state index contributed by atoms with van der Waals surface area (Å²) in [6.45, 7) is 3.45. The number of hydrogen-bond acceptors (Lipinski definition) is 3. The molecule has 2 aromatic rings. The van der Waals surface area contributed by atoms with Gasteiger partial charge in [-0.05, 0) is 38.1 Å². The van der Waals surface area contributed by atoms with Crippen LogP contribution < -0.4 is 15.6 Å². The van der Waals surface area contributed by atoms with Crippen LogP contribution in [-0.4, -0.2) is 17.9 Å². The van der Waals surface area contributed by atoms with Crippen molar-refractivity contribution in [3.63, 3.8) is 0 Å². The Labute approximate surface area is 139 Å². The fraction of sp³-hybridized carbons (Fsp3) is 0.176. The van der Waals surface area contributed by atoms with Crippen LogP contribution in [0.5, 0.6) is 5.75 Å². The molecular formula is C17H17ClN2O3. The van der Waals surface area contributed by atoms with Crippen molar-refractivity contribution in [1.82, 2.24) is 10.9 Å². The van der Waals surface area contributed by atoms with Gasteiger partial charge in [-0.25, -0.2) is 0 Å². The SMILES string of the molecule is Cc1cccc(C(=O)NNC(=O)C(C)Oc2ccccc2Cl)c1. The number of halogens is 1. The highest BCUT2D eigenvalue weighted by Crippen LogP contribution is 2.24. The summed E-state index contributed by atoms with van der Waals surface area (Å²) >= 11 is 5.97. The summed E-state index contributed by atoms with van der Waals surface area (Å²) in [5, 5.41) is 0.413. The highest BCUT2D eigenvalue weighted by atomic mass is 35.5. The minimum atomic E-state index is -0.812. The smallest absolute Gasteiger partial charge is 0.279 e. The first-order valence-electron chi connectivity index (χ1n) is 7.05. The van der Waals surface area contributed by atoms with Crippen molar-refractivity contribution < 1.29 is 14.3 Å². The molecule has 0 aromatic heterocycles. The molecule has 0 heterocycles. The molecule has 0 aliphatic carbocycles. The molecule has 6 heteroatoms. The van der Waals surface area contributed by atoms with E-state index in [9.17, 15) is 9.59 Å². The van der Waals surface area contributed by atoms with Gasteiger partial charge in [0.15, 0.2) is 6.10 Å². The first kappa shape index (κ1) is 16.8. The van der Waals surface area contributed by atoms with Gasteiger partial charge < -0.3 is 4.74 Å². The van der Waals surface area contributed by atoms with E-state index in [0.29, 0.717) is 16.3 Å². The van der Waals surface area contributed by atoms with Gasteiger partial charge in [-0.15, -0.1) is 0 Å². The summed E-state index contributed by atoms with van der Waals surface area (Å²) in [5.41, 5.74) is 6.11. The number of para-hydroxylation sites is 1. The molecule has 5 nitrogen and oxygen atoms in total. The van der Waals surface area contributed by atoms with Gasteiger partial charge in [-0.2, -0.15) is 0 Å². The summed E-state index contributed by atoms with van der Waals surface area (Å²) in [6.07, 6.45) is -0.812. The number of amides is 2. The van der Waals surface area contributed by atoms with Gasteiger partial charge in [0.05, 0.1) is 5.02 Å². The molecule has 2 N–H and O–H groups in total. The Kier molecular flexibility index (Phi) is 5.60. The molecule has 120 valence electrons. The number of hydrazine groups is 1. The molecule has 0 saturated carbocycles. The number of hydrogen-bond donors (Lipinski definition) is 2. The summed E-state index contributed by atoms with van der Waals surface area (Å²) in [6, 6.07) is 13.9. The van der Waals surface area contributed by atoms with Crippen molar-refractivity contribution in [2.75, 3.05) is 0 Å². The monoisotopic (exact) mass is 332 g/mol. The molecule has 0 aliphatic rings. The molecule has 1 atom stereocenters. The highest BCUT2D eigenvalue weighted by molar-refractivity contribution is 6.32. The van der Waals surface area contributed by atoms with Crippen LogP contribution in [-0.2, 0) is 4.79 Å². The summed E-state index contributed by atoms with van der Waals surface area (Å²) in [4.78, 5) is 23.9. The van der Waals surface area contributed by atoms with E-state index in [0.717, 1.165) is 5.56 Å². The average molecular weight is 333 g/mol. The maximum atomic E-state index is 12.0. The van der Waals surface area contributed by atoms with Gasteiger partial charge in [0.1, 0.15) is 5.75 Å². The molecular weight excluding hydrogens is 316 g/mol. The second-order valence-electron chi connectivity index (χ2n) is 5.00. The van der Waals surface area contributed by atoms with Crippen LogP contribution in [0.15, 0.2) is 48.5 Å². The molecule has 2 amide bonds. The second-order valence-corrected chi connectivity index (χ2v) is 5.41. The minimum absolute atomic E-state index is 0.396. The van der Waals surface area contributed by atoms with E-state index in [4.69, 9.17) is 16.3 Å². The van der Waals surface area contributed by atoms with E-state index < -0.39 is 17.9 Å². The zero-order valence-corrected chi connectivity index (χ0v) is 13.6. The Hall–Kier alpha value is -2.53. The number of carbonyl (C=O) groups is 2. The predicted octanol–water partition coefficient (Wildman–Crippen LogP) is 2.88. The lowest BCUT2D eigenvalue weighted by molar-refractivity contribution is -0.128. The first-order valence-corrected chi connectivity index (χ1v) is 7.43. The van der Waals surface area contributed by atoms with Crippen LogP contribution in [0.2, 0.25) is 5.02 Å². The third-order valence-electron chi connectivity index (χ3n) is 3.09. The number of ether oxygens (including phenoxy) is 1. The summed E-state index contributed by atoms with van der Waals surface area (Å²) in [7, 11) is 0. The van der Waals surface area contributed by atoms with E-state index in [2.05, 4.69) is 10.9 Å². The zero-order chi connectivity index (χ0) is 16.8. The van der Waals surface area contributed by atoms with Gasteiger partial charge in [-0.1, -0.05) is 41.4 Å². The second kappa shape index (κ2) is 7.65. The Morgan fingerprint density at radius 2 is 1.83 bits per heavy atom. The van der Waals surface area contributed by atoms with Crippen LogP contribution in [0.1, 0.15) is 22.8 Å². The average Bonchev–Trinajstić information content (AvgIpc) is 2.54. The summed E-state index contributed by atoms with van der Waals surface area (Å²) in [5.74, 6) is -0.472. The molecule has 1 unspecified atom stereocenters. The number of carbonyl (C=O) groups excluding carboxylic acids is 2. The third-order valence-corrected chi connectivity index (χ3v) is 3.40. The van der Waals surface area contributed by atoms with Crippen molar-refractivity contribution in [1.29, 1.82) is 0 Å². The first-order chi connectivity index (χ1) is 11.0. The summed E-state index contributed by atoms with van der Waals surface area (Å²) < 4.78 is 5.47. The van der Waals surface area contributed by atoms with Crippen molar-refractivity contribution in [3.8, 4) is 5.75 Å². The number of nitrogens with one attached hydrogen (secondary N) is 2. The Bertz CT molecular complexity index is 718. The predicted molar refractivity (Wildman–Crippen MR) is 88.3 cm³/mol. The third kappa shape index (κ3) is 4.72. The van der Waals surface area contributed by atoms with E-state index in [1.54, 1.807) is 49.4 Å². The van der Waals surface area contributed by atoms with Crippen LogP contribution >= 0.6 is 11.6 Å². The molecule has 0 fully saturated rings. The lowest BCUT2D eigenvalue weighted by atomic mass is 10.1. The van der Waals surface area contributed by atoms with E-state index in [1.165, 1.54) is 0 Å². The molecule has 0 radical (unpaired) electrons. The minimum Gasteiger partial charge on any atom is -0.479 e. The van der Waals surface area contributed by atoms with Crippen LogP contribution in [0, 0.1) is 6.92 Å². The molecule has 2 aromatic carbocycles. The van der Waals surface area contributed by atoms with Gasteiger partial charge in [-0.3, -0.25) is 20.4 Å². The molecule has 23 heavy (non-hydrogen) atoms. The fourth-order valence-corrected chi connectivity index (χ4v) is 2.04. The highest BCUT2D eigenvalue weighted by Gasteiger charge is 2.17. The van der Waals surface area contributed by atoms with E-state index in [1.807, 2.05) is 13.0 Å². The Morgan fingerprint density at radius 1 is 1.09 bits per heavy atom. The van der Waals surface area contributed by atoms with Crippen molar-refractivity contribution in [3.05, 3.63) is 64.7 Å². The fourth-order valence-electron chi connectivity index (χ4n) is 1.86. The van der Waals surface area contributed by atoms with Crippen molar-refractivity contribution in [2.24, 2.45) is 0 Å². The lowest BCUT2D eigenvalue weighted by Crippen LogP contribution is -2.47. The van der Waals surface area contributed by atoms with Crippen molar-refractivity contribution >= 4 is 23.4 Å². The number of rotatable bonds is 4. The molecule has 0 saturated heterocycles. The molecule has 0 aliphatic heterocycles. The lowest BCUT2D eigenvalue weighted by Gasteiger charge is -2.16. The van der Waals surface area contributed by atoms with Crippen LogP contribution in [0.4, 0.5) is 0 Å². The van der Waals surface area contributed by atoms with Gasteiger partial charge in [0.2, 0.25) is 0 Å². The van der Waals surface area contributed by atoms with Gasteiger partial charge >= 0.3 is 0 Å². The van der Waals surface area contributed by atoms with Crippen molar-refractivity contribution in [2.45, 2.75) is 20.0 Å². The maximum absolute atomic E-state index is 12.0. The number of aryl methyl sites for hydroxylation is 1. The Morgan fingerprint density at radius 3 is 2.52 bits per heavy atom. The topological polar surface area (TPSA) is 67.4 Å². The van der Waals surface area contributed by atoms with Crippen LogP contribution in [0.25, 0.3) is 0 Å². The zero-order valence-electron chi connectivity index (χ0n) is 12.8. The molecule has 0 spiro atoms. The van der Waals surface area contributed by atoms with E-state index in [-0.39, 0.29) is 0 Å². The van der Waals surface area contributed by atoms with E-state index >= 15 is 0 Å². The quantitative estimate of drug-likeness (QED) is 0.846. The maximum Gasteiger partial charge on any atom is 0.279 e. The largest absolute Gasteiger partial charge is 0.479 e. The molecule has 2 rings (SSSR count). The van der Waals surface area contributed by atoms with Gasteiger partial charge in [0, 0.05) is 5.56 Å². The van der Waals surface area contributed by atoms with Gasteiger partial charge in [0.25, 0.3) is 11.8 Å². The molecule has 0 bridgehead atoms. The number of benzene rings is 2. The Balaban J connectivity index is 1.89. The van der Waals surface area contributed by atoms with Crippen LogP contribution in [0.3, 0.4) is 0 Å². The normalized spacial score (nSPS) is 11.4.